The minimum Gasteiger partial charge on any atom is -0.333 e. The smallest absolute Gasteiger partial charge is 0.0952 e. The summed E-state index contributed by atoms with van der Waals surface area (Å²) in [5.41, 5.74) is 6.42. The maximum absolute atomic E-state index is 5.37. The van der Waals surface area contributed by atoms with E-state index in [4.69, 9.17) is 5.73 Å². The third-order valence-electron chi connectivity index (χ3n) is 1.43. The van der Waals surface area contributed by atoms with Crippen LogP contribution < -0.4 is 5.73 Å². The van der Waals surface area contributed by atoms with Crippen molar-refractivity contribution in [3.8, 4) is 0 Å². The van der Waals surface area contributed by atoms with Crippen molar-refractivity contribution in [3.63, 3.8) is 0 Å². The van der Waals surface area contributed by atoms with Gasteiger partial charge in [-0.2, -0.15) is 0 Å². The summed E-state index contributed by atoms with van der Waals surface area (Å²) in [5.74, 6) is 0. The molecular weight excluding hydrogens is 209 g/mol. The van der Waals surface area contributed by atoms with Gasteiger partial charge in [0, 0.05) is 19.2 Å². The van der Waals surface area contributed by atoms with Crippen LogP contribution >= 0.6 is 24.8 Å². The molecule has 5 heteroatoms. The third-order valence-corrected chi connectivity index (χ3v) is 1.43. The molecule has 0 atom stereocenters. The van der Waals surface area contributed by atoms with Crippen molar-refractivity contribution in [2.75, 3.05) is 6.54 Å². The number of rotatable bonds is 4. The Morgan fingerprint density at radius 3 is 2.77 bits per heavy atom. The second-order valence-corrected chi connectivity index (χ2v) is 2.39. The van der Waals surface area contributed by atoms with Gasteiger partial charge in [-0.15, -0.1) is 31.4 Å². The maximum atomic E-state index is 5.37. The van der Waals surface area contributed by atoms with E-state index in [9.17, 15) is 0 Å². The van der Waals surface area contributed by atoms with Crippen molar-refractivity contribution in [1.29, 1.82) is 0 Å². The minimum atomic E-state index is 0. The number of nitrogens with two attached hydrogens (primary N) is 1. The first-order valence-electron chi connectivity index (χ1n) is 3.68. The highest BCUT2D eigenvalue weighted by atomic mass is 35.5. The monoisotopic (exact) mass is 223 g/mol. The summed E-state index contributed by atoms with van der Waals surface area (Å²) in [7, 11) is 0. The number of nitrogens with zero attached hydrogens (tertiary/aromatic N) is 2. The van der Waals surface area contributed by atoms with Crippen LogP contribution in [0.2, 0.25) is 0 Å². The molecule has 1 heterocycles. The molecule has 0 aliphatic heterocycles. The fourth-order valence-corrected chi connectivity index (χ4v) is 0.932. The standard InChI is InChI=1S/C8H13N3.2ClH/c1-2-5-11-6-8(3-4-9)10-7-11;;/h2,6-7H,1,3-5,9H2;2*1H. The Balaban J connectivity index is 0. The van der Waals surface area contributed by atoms with E-state index in [2.05, 4.69) is 11.6 Å². The highest BCUT2D eigenvalue weighted by molar-refractivity contribution is 5.85. The number of aromatic nitrogens is 2. The van der Waals surface area contributed by atoms with Gasteiger partial charge in [0.05, 0.1) is 12.0 Å². The number of hydrogen-bond donors (Lipinski definition) is 1. The Morgan fingerprint density at radius 2 is 2.23 bits per heavy atom. The third kappa shape index (κ3) is 4.93. The molecule has 2 N–H and O–H groups in total. The molecule has 1 aromatic heterocycles. The zero-order valence-electron chi connectivity index (χ0n) is 7.35. The van der Waals surface area contributed by atoms with Crippen LogP contribution in [0.1, 0.15) is 5.69 Å². The first kappa shape index (κ1) is 15.0. The van der Waals surface area contributed by atoms with Crippen molar-refractivity contribution >= 4 is 24.8 Å². The summed E-state index contributed by atoms with van der Waals surface area (Å²) in [6.45, 7) is 5.11. The fraction of sp³-hybridized carbons (Fsp3) is 0.375. The molecule has 0 saturated carbocycles. The van der Waals surface area contributed by atoms with E-state index in [1.807, 2.05) is 16.8 Å². The van der Waals surface area contributed by atoms with Gasteiger partial charge in [-0.3, -0.25) is 0 Å². The quantitative estimate of drug-likeness (QED) is 0.786. The van der Waals surface area contributed by atoms with Crippen LogP contribution in [0.4, 0.5) is 0 Å². The highest BCUT2D eigenvalue weighted by Crippen LogP contribution is 1.95. The molecule has 13 heavy (non-hydrogen) atoms. The molecule has 1 rings (SSSR count). The molecule has 0 bridgehead atoms. The predicted molar refractivity (Wildman–Crippen MR) is 59.7 cm³/mol. The number of hydrogen-bond acceptors (Lipinski definition) is 2. The molecule has 3 nitrogen and oxygen atoms in total. The van der Waals surface area contributed by atoms with Gasteiger partial charge in [-0.1, -0.05) is 6.08 Å². The van der Waals surface area contributed by atoms with Crippen LogP contribution in [0.3, 0.4) is 0 Å². The van der Waals surface area contributed by atoms with E-state index in [1.165, 1.54) is 0 Å². The van der Waals surface area contributed by atoms with Gasteiger partial charge in [0.1, 0.15) is 0 Å². The molecule has 0 amide bonds. The average molecular weight is 224 g/mol. The largest absolute Gasteiger partial charge is 0.333 e. The first-order valence-corrected chi connectivity index (χ1v) is 3.68. The Kier molecular flexibility index (Phi) is 9.34. The van der Waals surface area contributed by atoms with E-state index in [0.29, 0.717) is 6.54 Å². The van der Waals surface area contributed by atoms with Crippen molar-refractivity contribution in [2.45, 2.75) is 13.0 Å². The van der Waals surface area contributed by atoms with Gasteiger partial charge in [0.25, 0.3) is 0 Å². The number of halogens is 2. The van der Waals surface area contributed by atoms with Gasteiger partial charge >= 0.3 is 0 Å². The summed E-state index contributed by atoms with van der Waals surface area (Å²) in [6, 6.07) is 0. The molecular formula is C8H15Cl2N3. The zero-order valence-corrected chi connectivity index (χ0v) is 8.98. The Labute approximate surface area is 90.9 Å². The molecule has 0 fully saturated rings. The van der Waals surface area contributed by atoms with Gasteiger partial charge in [-0.05, 0) is 6.54 Å². The van der Waals surface area contributed by atoms with E-state index in [1.54, 1.807) is 6.33 Å². The van der Waals surface area contributed by atoms with Gasteiger partial charge in [-0.25, -0.2) is 4.98 Å². The summed E-state index contributed by atoms with van der Waals surface area (Å²) in [5, 5.41) is 0. The molecule has 0 radical (unpaired) electrons. The Hall–Kier alpha value is -0.510. The summed E-state index contributed by atoms with van der Waals surface area (Å²) < 4.78 is 1.98. The molecule has 76 valence electrons. The van der Waals surface area contributed by atoms with E-state index in [0.717, 1.165) is 18.7 Å². The lowest BCUT2D eigenvalue weighted by molar-refractivity contribution is 0.820. The minimum absolute atomic E-state index is 0. The molecule has 0 spiro atoms. The zero-order chi connectivity index (χ0) is 8.10. The first-order chi connectivity index (χ1) is 5.36. The number of imidazole rings is 1. The van der Waals surface area contributed by atoms with Gasteiger partial charge in [0.15, 0.2) is 0 Å². The van der Waals surface area contributed by atoms with Crippen LogP contribution in [0.15, 0.2) is 25.2 Å². The lowest BCUT2D eigenvalue weighted by Crippen LogP contribution is -2.02. The van der Waals surface area contributed by atoms with Crippen molar-refractivity contribution < 1.29 is 0 Å². The summed E-state index contributed by atoms with van der Waals surface area (Å²) >= 11 is 0. The lowest BCUT2D eigenvalue weighted by Gasteiger charge is -1.92. The summed E-state index contributed by atoms with van der Waals surface area (Å²) in [4.78, 5) is 4.16. The van der Waals surface area contributed by atoms with E-state index < -0.39 is 0 Å². The van der Waals surface area contributed by atoms with Crippen LogP contribution in [-0.2, 0) is 13.0 Å². The Morgan fingerprint density at radius 1 is 1.54 bits per heavy atom. The van der Waals surface area contributed by atoms with Crippen molar-refractivity contribution in [1.82, 2.24) is 9.55 Å². The molecule has 0 aliphatic carbocycles. The SMILES string of the molecule is C=CCn1cnc(CCN)c1.Cl.Cl. The molecule has 0 aromatic carbocycles. The van der Waals surface area contributed by atoms with Crippen LogP contribution in [-0.4, -0.2) is 16.1 Å². The van der Waals surface area contributed by atoms with E-state index in [-0.39, 0.29) is 24.8 Å². The van der Waals surface area contributed by atoms with Crippen LogP contribution in [0.25, 0.3) is 0 Å². The predicted octanol–water partition coefficient (Wildman–Crippen LogP) is 1.41. The van der Waals surface area contributed by atoms with Crippen LogP contribution in [0, 0.1) is 0 Å². The van der Waals surface area contributed by atoms with E-state index >= 15 is 0 Å². The maximum Gasteiger partial charge on any atom is 0.0952 e. The van der Waals surface area contributed by atoms with Gasteiger partial charge < -0.3 is 10.3 Å². The molecule has 0 saturated heterocycles. The normalized spacial score (nSPS) is 8.38. The van der Waals surface area contributed by atoms with Crippen LogP contribution in [0.5, 0.6) is 0 Å². The lowest BCUT2D eigenvalue weighted by atomic mass is 10.3. The second-order valence-electron chi connectivity index (χ2n) is 2.39. The average Bonchev–Trinajstić information content (AvgIpc) is 2.38. The highest BCUT2D eigenvalue weighted by Gasteiger charge is 1.94. The molecule has 0 aliphatic rings. The molecule has 1 aromatic rings. The topological polar surface area (TPSA) is 43.8 Å². The van der Waals surface area contributed by atoms with Crippen molar-refractivity contribution in [3.05, 3.63) is 30.9 Å². The van der Waals surface area contributed by atoms with Crippen molar-refractivity contribution in [2.24, 2.45) is 5.73 Å². The second kappa shape index (κ2) is 8.10. The Bertz CT molecular complexity index is 235. The number of allylic oxidation sites excluding steroid dienone is 1. The fourth-order valence-electron chi connectivity index (χ4n) is 0.932. The summed E-state index contributed by atoms with van der Waals surface area (Å²) in [6.07, 6.45) is 6.49. The molecule has 0 unspecified atom stereocenters. The van der Waals surface area contributed by atoms with Gasteiger partial charge in [0.2, 0.25) is 0 Å².